The molecule has 8 nitrogen and oxygen atoms in total. The fraction of sp³-hybridized carbons (Fsp3) is 0.423. The Hall–Kier alpha value is -2.46. The number of carbonyl (C=O) groups is 1. The number of carbonyl (C=O) groups excluding carboxylic acids is 1. The molecule has 11 heteroatoms. The summed E-state index contributed by atoms with van der Waals surface area (Å²) in [5.41, 5.74) is 0. The summed E-state index contributed by atoms with van der Waals surface area (Å²) in [4.78, 5) is 15.4. The van der Waals surface area contributed by atoms with E-state index in [1.165, 1.54) is 22.5 Å². The normalized spacial score (nSPS) is 22.3. The van der Waals surface area contributed by atoms with Crippen molar-refractivity contribution in [3.8, 4) is 17.2 Å². The molecule has 200 valence electrons. The van der Waals surface area contributed by atoms with Crippen LogP contribution in [0.2, 0.25) is 10.0 Å². The Labute approximate surface area is 227 Å². The van der Waals surface area contributed by atoms with E-state index in [1.807, 2.05) is 0 Å². The van der Waals surface area contributed by atoms with Crippen LogP contribution in [0, 0.1) is 5.92 Å². The summed E-state index contributed by atoms with van der Waals surface area (Å²) < 4.78 is 45.5. The van der Waals surface area contributed by atoms with Crippen molar-refractivity contribution in [2.24, 2.45) is 5.92 Å². The molecule has 1 amide bonds. The molecule has 2 heterocycles. The predicted molar refractivity (Wildman–Crippen MR) is 142 cm³/mol. The molecule has 0 N–H and O–H groups in total. The first-order valence-corrected chi connectivity index (χ1v) is 14.1. The van der Waals surface area contributed by atoms with E-state index in [-0.39, 0.29) is 39.9 Å². The van der Waals surface area contributed by atoms with Crippen LogP contribution in [-0.4, -0.2) is 69.5 Å². The number of piperidine rings is 1. The van der Waals surface area contributed by atoms with Gasteiger partial charge in [-0.1, -0.05) is 29.3 Å². The molecule has 3 atom stereocenters. The van der Waals surface area contributed by atoms with Gasteiger partial charge in [0.25, 0.3) is 0 Å². The zero-order chi connectivity index (χ0) is 26.7. The number of methoxy groups -OCH3 is 2. The first kappa shape index (κ1) is 27.6. The van der Waals surface area contributed by atoms with Gasteiger partial charge in [-0.25, -0.2) is 8.42 Å². The molecule has 0 spiro atoms. The van der Waals surface area contributed by atoms with Crippen molar-refractivity contribution in [2.45, 2.75) is 36.2 Å². The van der Waals surface area contributed by atoms with Gasteiger partial charge < -0.3 is 19.1 Å². The van der Waals surface area contributed by atoms with Crippen LogP contribution in [0.25, 0.3) is 0 Å². The van der Waals surface area contributed by atoms with Gasteiger partial charge in [0.05, 0.1) is 25.7 Å². The van der Waals surface area contributed by atoms with Gasteiger partial charge in [0.1, 0.15) is 18.4 Å². The number of nitrogens with zero attached hydrogens (tertiary/aromatic N) is 2. The van der Waals surface area contributed by atoms with E-state index in [0.717, 1.165) is 6.42 Å². The largest absolute Gasteiger partial charge is 0.493 e. The second kappa shape index (κ2) is 11.5. The third-order valence-corrected chi connectivity index (χ3v) is 9.18. The van der Waals surface area contributed by atoms with Crippen LogP contribution in [-0.2, 0) is 14.8 Å². The molecule has 4 rings (SSSR count). The van der Waals surface area contributed by atoms with Crippen molar-refractivity contribution in [1.82, 2.24) is 9.21 Å². The second-order valence-corrected chi connectivity index (χ2v) is 11.7. The van der Waals surface area contributed by atoms with Gasteiger partial charge >= 0.3 is 0 Å². The maximum atomic E-state index is 13.8. The van der Waals surface area contributed by atoms with Gasteiger partial charge in [-0.3, -0.25) is 4.79 Å². The lowest BCUT2D eigenvalue weighted by Crippen LogP contribution is -2.54. The van der Waals surface area contributed by atoms with Gasteiger partial charge in [0.2, 0.25) is 15.9 Å². The third kappa shape index (κ3) is 5.70. The number of hydrogen-bond acceptors (Lipinski definition) is 6. The van der Waals surface area contributed by atoms with E-state index in [2.05, 4.69) is 6.58 Å². The molecule has 37 heavy (non-hydrogen) atoms. The van der Waals surface area contributed by atoms with Crippen molar-refractivity contribution < 1.29 is 27.4 Å². The fourth-order valence-electron chi connectivity index (χ4n) is 5.08. The number of rotatable bonds is 9. The second-order valence-electron chi connectivity index (χ2n) is 9.00. The number of ether oxygens (including phenoxy) is 3. The number of fused-ring (bicyclic) bond motifs is 2. The Balaban J connectivity index is 1.57. The SMILES string of the molecule is C=C[C@H]1CN(CCOc2ccc(OC)c(OC)c2)C(=O)C2CCC[C@@H]1N2S(=O)(=O)c1cc(Cl)cc(Cl)c1. The van der Waals surface area contributed by atoms with Crippen LogP contribution < -0.4 is 14.2 Å². The van der Waals surface area contributed by atoms with Crippen molar-refractivity contribution in [3.63, 3.8) is 0 Å². The molecular formula is C26H30Cl2N2O6S. The molecular weight excluding hydrogens is 539 g/mol. The van der Waals surface area contributed by atoms with Crippen LogP contribution in [0.1, 0.15) is 19.3 Å². The lowest BCUT2D eigenvalue weighted by molar-refractivity contribution is -0.135. The standard InChI is InChI=1S/C26H30Cl2N2O6S/c1-4-17-16-29(10-11-36-20-8-9-24(34-2)25(15-20)35-3)26(31)23-7-5-6-22(17)30(23)37(32,33)21-13-18(27)12-19(28)14-21/h4,8-9,12-15,17,22-23H,1,5-7,10-11,16H2,2-3H3/t17-,22-,23?/m0/s1. The molecule has 2 aromatic carbocycles. The summed E-state index contributed by atoms with van der Waals surface area (Å²) in [7, 11) is -0.955. The quantitative estimate of drug-likeness (QED) is 0.409. The van der Waals surface area contributed by atoms with Gasteiger partial charge in [0.15, 0.2) is 11.5 Å². The molecule has 2 aromatic rings. The highest BCUT2D eigenvalue weighted by molar-refractivity contribution is 7.89. The number of benzene rings is 2. The molecule has 0 aliphatic carbocycles. The highest BCUT2D eigenvalue weighted by Crippen LogP contribution is 2.38. The summed E-state index contributed by atoms with van der Waals surface area (Å²) in [6.07, 6.45) is 3.54. The number of sulfonamides is 1. The Morgan fingerprint density at radius 1 is 1.05 bits per heavy atom. The average molecular weight is 570 g/mol. The zero-order valence-corrected chi connectivity index (χ0v) is 23.1. The maximum absolute atomic E-state index is 13.8. The monoisotopic (exact) mass is 568 g/mol. The maximum Gasteiger partial charge on any atom is 0.244 e. The van der Waals surface area contributed by atoms with Crippen LogP contribution in [0.5, 0.6) is 17.2 Å². The van der Waals surface area contributed by atoms with Crippen LogP contribution in [0.3, 0.4) is 0 Å². The lowest BCUT2D eigenvalue weighted by Gasteiger charge is -2.40. The number of amides is 1. The van der Waals surface area contributed by atoms with Gasteiger partial charge in [-0.15, -0.1) is 6.58 Å². The number of hydrogen-bond donors (Lipinski definition) is 0. The molecule has 0 radical (unpaired) electrons. The number of halogens is 2. The van der Waals surface area contributed by atoms with Crippen LogP contribution in [0.15, 0.2) is 53.9 Å². The molecule has 2 fully saturated rings. The summed E-state index contributed by atoms with van der Waals surface area (Å²) in [6, 6.07) is 8.20. The third-order valence-electron chi connectivity index (χ3n) is 6.83. The van der Waals surface area contributed by atoms with Crippen molar-refractivity contribution >= 4 is 39.1 Å². The van der Waals surface area contributed by atoms with E-state index < -0.39 is 22.1 Å². The highest BCUT2D eigenvalue weighted by atomic mass is 35.5. The zero-order valence-electron chi connectivity index (χ0n) is 20.7. The fourth-order valence-corrected chi connectivity index (χ4v) is 7.68. The molecule has 2 aliphatic rings. The van der Waals surface area contributed by atoms with Crippen LogP contribution >= 0.6 is 23.2 Å². The molecule has 2 aliphatic heterocycles. The minimum absolute atomic E-state index is 0.0252. The molecule has 0 saturated carbocycles. The Morgan fingerprint density at radius 3 is 2.41 bits per heavy atom. The molecule has 2 bridgehead atoms. The average Bonchev–Trinajstić information content (AvgIpc) is 2.95. The minimum Gasteiger partial charge on any atom is -0.493 e. The topological polar surface area (TPSA) is 85.4 Å². The first-order valence-electron chi connectivity index (χ1n) is 12.0. The molecule has 2 saturated heterocycles. The summed E-state index contributed by atoms with van der Waals surface area (Å²) >= 11 is 12.2. The predicted octanol–water partition coefficient (Wildman–Crippen LogP) is 4.65. The smallest absolute Gasteiger partial charge is 0.244 e. The summed E-state index contributed by atoms with van der Waals surface area (Å²) in [6.45, 7) is 4.81. The minimum atomic E-state index is -4.05. The van der Waals surface area contributed by atoms with E-state index >= 15 is 0 Å². The highest BCUT2D eigenvalue weighted by Gasteiger charge is 2.49. The van der Waals surface area contributed by atoms with Crippen LogP contribution in [0.4, 0.5) is 0 Å². The van der Waals surface area contributed by atoms with Crippen molar-refractivity contribution in [2.75, 3.05) is 33.9 Å². The van der Waals surface area contributed by atoms with E-state index in [4.69, 9.17) is 37.4 Å². The summed E-state index contributed by atoms with van der Waals surface area (Å²) in [5, 5.41) is 0.429. The Kier molecular flexibility index (Phi) is 8.58. The van der Waals surface area contributed by atoms with E-state index in [9.17, 15) is 13.2 Å². The first-order chi connectivity index (χ1) is 17.7. The summed E-state index contributed by atoms with van der Waals surface area (Å²) in [5.74, 6) is 1.19. The Morgan fingerprint density at radius 2 is 1.76 bits per heavy atom. The Bertz CT molecular complexity index is 1250. The lowest BCUT2D eigenvalue weighted by atomic mass is 9.90. The van der Waals surface area contributed by atoms with Gasteiger partial charge in [0, 0.05) is 34.6 Å². The van der Waals surface area contributed by atoms with Gasteiger partial charge in [-0.05, 0) is 49.6 Å². The molecule has 1 unspecified atom stereocenters. The molecule has 0 aromatic heterocycles. The van der Waals surface area contributed by atoms with E-state index in [0.29, 0.717) is 36.6 Å². The van der Waals surface area contributed by atoms with Gasteiger partial charge in [-0.2, -0.15) is 4.31 Å². The van der Waals surface area contributed by atoms with Crippen molar-refractivity contribution in [3.05, 3.63) is 59.1 Å². The van der Waals surface area contributed by atoms with E-state index in [1.54, 1.807) is 43.4 Å². The van der Waals surface area contributed by atoms with Crippen molar-refractivity contribution in [1.29, 1.82) is 0 Å².